The van der Waals surface area contributed by atoms with Crippen molar-refractivity contribution < 1.29 is 4.79 Å². The molecular formula is C15H25N3O3. The van der Waals surface area contributed by atoms with Crippen LogP contribution >= 0.6 is 0 Å². The van der Waals surface area contributed by atoms with Crippen LogP contribution in [0.3, 0.4) is 0 Å². The summed E-state index contributed by atoms with van der Waals surface area (Å²) < 4.78 is 2.22. The molecule has 1 amide bonds. The van der Waals surface area contributed by atoms with Crippen LogP contribution in [-0.4, -0.2) is 21.1 Å². The van der Waals surface area contributed by atoms with Gasteiger partial charge in [0.05, 0.1) is 0 Å². The molecule has 6 nitrogen and oxygen atoms in total. The first-order valence-corrected chi connectivity index (χ1v) is 7.37. The lowest BCUT2D eigenvalue weighted by Gasteiger charge is -2.15. The Bertz CT molecular complexity index is 587. The van der Waals surface area contributed by atoms with Crippen molar-refractivity contribution in [3.63, 3.8) is 0 Å². The standard InChI is InChI=1S/C15H25N3O3/c1-11(2)6-5-7-12(3)16-13(19)10-18-9-8-14(20)17(4)15(18)21/h8-9,11-12H,5-7,10H2,1-4H3,(H,16,19). The average molecular weight is 295 g/mol. The molecule has 1 aromatic rings. The lowest BCUT2D eigenvalue weighted by Crippen LogP contribution is -2.41. The number of nitrogens with one attached hydrogen (secondary N) is 1. The zero-order chi connectivity index (χ0) is 16.0. The molecule has 0 spiro atoms. The molecule has 118 valence electrons. The van der Waals surface area contributed by atoms with E-state index in [4.69, 9.17) is 0 Å². The van der Waals surface area contributed by atoms with E-state index in [2.05, 4.69) is 19.2 Å². The van der Waals surface area contributed by atoms with Crippen LogP contribution in [0.4, 0.5) is 0 Å². The minimum Gasteiger partial charge on any atom is -0.352 e. The maximum Gasteiger partial charge on any atom is 0.331 e. The van der Waals surface area contributed by atoms with Crippen LogP contribution in [0, 0.1) is 5.92 Å². The Morgan fingerprint density at radius 1 is 1.24 bits per heavy atom. The first-order valence-electron chi connectivity index (χ1n) is 7.37. The summed E-state index contributed by atoms with van der Waals surface area (Å²) in [6.45, 7) is 6.24. The van der Waals surface area contributed by atoms with E-state index < -0.39 is 5.69 Å². The topological polar surface area (TPSA) is 73.1 Å². The fraction of sp³-hybridized carbons (Fsp3) is 0.667. The largest absolute Gasteiger partial charge is 0.352 e. The van der Waals surface area contributed by atoms with Crippen LogP contribution in [0.2, 0.25) is 0 Å². The van der Waals surface area contributed by atoms with Gasteiger partial charge in [-0.25, -0.2) is 4.79 Å². The highest BCUT2D eigenvalue weighted by atomic mass is 16.2. The van der Waals surface area contributed by atoms with Crippen molar-refractivity contribution >= 4 is 5.91 Å². The molecule has 0 saturated carbocycles. The molecule has 1 unspecified atom stereocenters. The van der Waals surface area contributed by atoms with Gasteiger partial charge in [-0.05, 0) is 19.3 Å². The highest BCUT2D eigenvalue weighted by Gasteiger charge is 2.10. The normalized spacial score (nSPS) is 12.4. The maximum absolute atomic E-state index is 11.9. The van der Waals surface area contributed by atoms with E-state index in [1.807, 2.05) is 6.92 Å². The van der Waals surface area contributed by atoms with E-state index in [1.54, 1.807) is 0 Å². The third-order valence-electron chi connectivity index (χ3n) is 3.40. The van der Waals surface area contributed by atoms with Gasteiger partial charge in [0.25, 0.3) is 5.56 Å². The fourth-order valence-corrected chi connectivity index (χ4v) is 2.12. The molecule has 0 radical (unpaired) electrons. The van der Waals surface area contributed by atoms with E-state index in [0.717, 1.165) is 23.8 Å². The quantitative estimate of drug-likeness (QED) is 0.811. The second-order valence-corrected chi connectivity index (χ2v) is 5.92. The Kier molecular flexibility index (Phi) is 6.39. The zero-order valence-corrected chi connectivity index (χ0v) is 13.3. The van der Waals surface area contributed by atoms with Crippen molar-refractivity contribution in [2.24, 2.45) is 13.0 Å². The number of nitrogens with zero attached hydrogens (tertiary/aromatic N) is 2. The van der Waals surface area contributed by atoms with Crippen molar-refractivity contribution in [2.75, 3.05) is 0 Å². The summed E-state index contributed by atoms with van der Waals surface area (Å²) in [5.74, 6) is 0.449. The molecule has 0 bridgehead atoms. The second kappa shape index (κ2) is 7.81. The van der Waals surface area contributed by atoms with Gasteiger partial charge < -0.3 is 5.32 Å². The molecule has 1 rings (SSSR count). The van der Waals surface area contributed by atoms with Crippen LogP contribution in [0.15, 0.2) is 21.9 Å². The van der Waals surface area contributed by atoms with E-state index in [9.17, 15) is 14.4 Å². The van der Waals surface area contributed by atoms with Crippen LogP contribution in [0.5, 0.6) is 0 Å². The number of carbonyl (C=O) groups is 1. The lowest BCUT2D eigenvalue weighted by molar-refractivity contribution is -0.122. The van der Waals surface area contributed by atoms with Crippen LogP contribution in [0.1, 0.15) is 40.0 Å². The number of aromatic nitrogens is 2. The molecule has 0 aromatic carbocycles. The Morgan fingerprint density at radius 3 is 2.52 bits per heavy atom. The molecule has 1 aromatic heterocycles. The number of rotatable bonds is 7. The van der Waals surface area contributed by atoms with Gasteiger partial charge in [-0.15, -0.1) is 0 Å². The molecule has 1 atom stereocenters. The second-order valence-electron chi connectivity index (χ2n) is 5.92. The van der Waals surface area contributed by atoms with E-state index in [1.165, 1.54) is 23.9 Å². The first kappa shape index (κ1) is 17.2. The first-order chi connectivity index (χ1) is 9.81. The smallest absolute Gasteiger partial charge is 0.331 e. The van der Waals surface area contributed by atoms with Crippen molar-refractivity contribution in [3.8, 4) is 0 Å². The molecule has 6 heteroatoms. The summed E-state index contributed by atoms with van der Waals surface area (Å²) in [7, 11) is 1.40. The summed E-state index contributed by atoms with van der Waals surface area (Å²) in [5, 5.41) is 2.88. The maximum atomic E-state index is 11.9. The Labute approximate surface area is 124 Å². The number of hydrogen-bond donors (Lipinski definition) is 1. The molecular weight excluding hydrogens is 270 g/mol. The summed E-state index contributed by atoms with van der Waals surface area (Å²) in [6.07, 6.45) is 4.49. The SMILES string of the molecule is CC(C)CCCC(C)NC(=O)Cn1ccc(=O)n(C)c1=O. The van der Waals surface area contributed by atoms with Crippen molar-refractivity contribution in [2.45, 2.75) is 52.6 Å². The highest BCUT2D eigenvalue weighted by Crippen LogP contribution is 2.08. The average Bonchev–Trinajstić information content (AvgIpc) is 2.39. The summed E-state index contributed by atoms with van der Waals surface area (Å²) in [4.78, 5) is 35.0. The molecule has 1 N–H and O–H groups in total. The fourth-order valence-electron chi connectivity index (χ4n) is 2.12. The third kappa shape index (κ3) is 5.57. The van der Waals surface area contributed by atoms with Crippen LogP contribution < -0.4 is 16.6 Å². The molecule has 1 heterocycles. The third-order valence-corrected chi connectivity index (χ3v) is 3.40. The van der Waals surface area contributed by atoms with Gasteiger partial charge in [0.1, 0.15) is 6.54 Å². The number of hydrogen-bond acceptors (Lipinski definition) is 3. The molecule has 0 saturated heterocycles. The number of carbonyl (C=O) groups excluding carboxylic acids is 1. The Hall–Kier alpha value is -1.85. The van der Waals surface area contributed by atoms with Crippen molar-refractivity contribution in [1.82, 2.24) is 14.5 Å². The molecule has 0 aliphatic carbocycles. The van der Waals surface area contributed by atoms with Gasteiger partial charge in [-0.3, -0.25) is 18.7 Å². The Morgan fingerprint density at radius 2 is 1.90 bits per heavy atom. The van der Waals surface area contributed by atoms with E-state index >= 15 is 0 Å². The molecule has 0 fully saturated rings. The monoisotopic (exact) mass is 295 g/mol. The summed E-state index contributed by atoms with van der Waals surface area (Å²) >= 11 is 0. The van der Waals surface area contributed by atoms with Crippen LogP contribution in [0.25, 0.3) is 0 Å². The minimum absolute atomic E-state index is 0.0680. The molecule has 0 aliphatic rings. The van der Waals surface area contributed by atoms with Gasteiger partial charge in [0.2, 0.25) is 5.91 Å². The van der Waals surface area contributed by atoms with Crippen LogP contribution in [-0.2, 0) is 18.4 Å². The van der Waals surface area contributed by atoms with Crippen molar-refractivity contribution in [3.05, 3.63) is 33.1 Å². The lowest BCUT2D eigenvalue weighted by atomic mass is 10.0. The van der Waals surface area contributed by atoms with Crippen molar-refractivity contribution in [1.29, 1.82) is 0 Å². The van der Waals surface area contributed by atoms with E-state index in [0.29, 0.717) is 5.92 Å². The summed E-state index contributed by atoms with van der Waals surface area (Å²) in [5.41, 5.74) is -0.858. The Balaban J connectivity index is 2.53. The minimum atomic E-state index is -0.481. The predicted molar refractivity (Wildman–Crippen MR) is 82.2 cm³/mol. The van der Waals surface area contributed by atoms with Gasteiger partial charge in [0.15, 0.2) is 0 Å². The molecule has 0 aliphatic heterocycles. The summed E-state index contributed by atoms with van der Waals surface area (Å²) in [6, 6.07) is 1.36. The zero-order valence-electron chi connectivity index (χ0n) is 13.3. The molecule has 21 heavy (non-hydrogen) atoms. The van der Waals surface area contributed by atoms with Gasteiger partial charge in [0, 0.05) is 25.4 Å². The van der Waals surface area contributed by atoms with E-state index in [-0.39, 0.29) is 24.1 Å². The van der Waals surface area contributed by atoms with Gasteiger partial charge in [-0.1, -0.05) is 26.7 Å². The van der Waals surface area contributed by atoms with Gasteiger partial charge in [-0.2, -0.15) is 0 Å². The van der Waals surface area contributed by atoms with Gasteiger partial charge >= 0.3 is 5.69 Å². The predicted octanol–water partition coefficient (Wildman–Crippen LogP) is 0.878. The number of amides is 1. The highest BCUT2D eigenvalue weighted by molar-refractivity contribution is 5.75.